The van der Waals surface area contributed by atoms with Crippen LogP contribution in [0.3, 0.4) is 0 Å². The number of rotatable bonds is 3. The predicted molar refractivity (Wildman–Crippen MR) is 110 cm³/mol. The molecule has 3 aromatic heterocycles. The van der Waals surface area contributed by atoms with Crippen LogP contribution in [0.2, 0.25) is 0 Å². The minimum absolute atomic E-state index is 0.130. The molecular weight excluding hydrogens is 348 g/mol. The second-order valence-electron chi connectivity index (χ2n) is 6.69. The van der Waals surface area contributed by atoms with Crippen molar-refractivity contribution in [2.45, 2.75) is 6.54 Å². The van der Waals surface area contributed by atoms with Crippen LogP contribution in [-0.2, 0) is 6.54 Å². The van der Waals surface area contributed by atoms with Crippen molar-refractivity contribution in [2.75, 3.05) is 0 Å². The number of nitrogens with zero attached hydrogens (tertiary/aromatic N) is 4. The Kier molecular flexibility index (Phi) is 3.91. The first kappa shape index (κ1) is 16.3. The van der Waals surface area contributed by atoms with E-state index >= 15 is 0 Å². The molecule has 5 nitrogen and oxygen atoms in total. The Labute approximate surface area is 161 Å². The molecule has 0 fully saturated rings. The molecule has 0 aliphatic heterocycles. The smallest absolute Gasteiger partial charge is 0.280 e. The van der Waals surface area contributed by atoms with E-state index in [0.29, 0.717) is 17.6 Å². The molecule has 28 heavy (non-hydrogen) atoms. The molecule has 0 unspecified atom stereocenters. The van der Waals surface area contributed by atoms with E-state index in [1.807, 2.05) is 24.4 Å². The van der Waals surface area contributed by atoms with Crippen molar-refractivity contribution in [1.82, 2.24) is 19.5 Å². The summed E-state index contributed by atoms with van der Waals surface area (Å²) < 4.78 is 1.60. The second-order valence-corrected chi connectivity index (χ2v) is 6.69. The Hall–Kier alpha value is -3.86. The Bertz CT molecular complexity index is 1370. The zero-order valence-corrected chi connectivity index (χ0v) is 15.0. The minimum Gasteiger partial charge on any atom is -0.293 e. The van der Waals surface area contributed by atoms with Crippen LogP contribution in [-0.4, -0.2) is 19.5 Å². The van der Waals surface area contributed by atoms with Gasteiger partial charge in [0.1, 0.15) is 0 Å². The van der Waals surface area contributed by atoms with Crippen molar-refractivity contribution in [3.63, 3.8) is 0 Å². The van der Waals surface area contributed by atoms with Crippen molar-refractivity contribution in [3.05, 3.63) is 101 Å². The topological polar surface area (TPSA) is 60.7 Å². The largest absolute Gasteiger partial charge is 0.293 e. The van der Waals surface area contributed by atoms with Crippen LogP contribution in [0.1, 0.15) is 5.56 Å². The number of aromatic nitrogens is 4. The lowest BCUT2D eigenvalue weighted by atomic mass is 10.0. The Morgan fingerprint density at radius 2 is 1.75 bits per heavy atom. The second kappa shape index (κ2) is 6.70. The first-order valence-corrected chi connectivity index (χ1v) is 9.01. The summed E-state index contributed by atoms with van der Waals surface area (Å²) in [4.78, 5) is 25.4. The maximum Gasteiger partial charge on any atom is 0.280 e. The van der Waals surface area contributed by atoms with Gasteiger partial charge in [-0.2, -0.15) is 0 Å². The van der Waals surface area contributed by atoms with Crippen LogP contribution in [0.5, 0.6) is 0 Å². The lowest BCUT2D eigenvalue weighted by molar-refractivity contribution is 0.746. The van der Waals surface area contributed by atoms with Gasteiger partial charge in [0.15, 0.2) is 5.52 Å². The van der Waals surface area contributed by atoms with Crippen molar-refractivity contribution >= 4 is 21.8 Å². The van der Waals surface area contributed by atoms with E-state index in [9.17, 15) is 4.79 Å². The molecule has 0 aliphatic carbocycles. The third-order valence-corrected chi connectivity index (χ3v) is 4.84. The normalized spacial score (nSPS) is 11.1. The average Bonchev–Trinajstić information content (AvgIpc) is 2.76. The van der Waals surface area contributed by atoms with Gasteiger partial charge in [0, 0.05) is 24.0 Å². The van der Waals surface area contributed by atoms with Crippen LogP contribution >= 0.6 is 0 Å². The van der Waals surface area contributed by atoms with Crippen LogP contribution in [0.15, 0.2) is 90.4 Å². The third kappa shape index (κ3) is 2.93. The van der Waals surface area contributed by atoms with Crippen molar-refractivity contribution in [2.24, 2.45) is 0 Å². The SMILES string of the molecule is O=c1c2ncccc2ncn1Cc1cccc(-c2ccc3cnccc3c2)c1. The molecule has 5 heteroatoms. The van der Waals surface area contributed by atoms with Gasteiger partial charge in [0.05, 0.1) is 18.4 Å². The van der Waals surface area contributed by atoms with E-state index in [1.165, 1.54) is 0 Å². The minimum atomic E-state index is -0.130. The van der Waals surface area contributed by atoms with Crippen molar-refractivity contribution in [3.8, 4) is 11.1 Å². The quantitative estimate of drug-likeness (QED) is 0.484. The molecule has 0 atom stereocenters. The highest BCUT2D eigenvalue weighted by molar-refractivity contribution is 5.86. The van der Waals surface area contributed by atoms with Gasteiger partial charge in [-0.1, -0.05) is 30.3 Å². The Morgan fingerprint density at radius 1 is 0.821 bits per heavy atom. The van der Waals surface area contributed by atoms with Gasteiger partial charge in [-0.25, -0.2) is 9.97 Å². The predicted octanol–water partition coefficient (Wildman–Crippen LogP) is 4.06. The summed E-state index contributed by atoms with van der Waals surface area (Å²) in [6, 6.07) is 20.1. The summed E-state index contributed by atoms with van der Waals surface area (Å²) in [7, 11) is 0. The molecule has 5 aromatic rings. The van der Waals surface area contributed by atoms with E-state index in [0.717, 1.165) is 27.5 Å². The van der Waals surface area contributed by atoms with E-state index in [1.54, 1.807) is 35.4 Å². The summed E-state index contributed by atoms with van der Waals surface area (Å²) >= 11 is 0. The molecule has 0 bridgehead atoms. The van der Waals surface area contributed by atoms with Gasteiger partial charge in [-0.15, -0.1) is 0 Å². The third-order valence-electron chi connectivity index (χ3n) is 4.84. The van der Waals surface area contributed by atoms with Gasteiger partial charge < -0.3 is 0 Å². The molecule has 5 rings (SSSR count). The van der Waals surface area contributed by atoms with Gasteiger partial charge in [0.2, 0.25) is 0 Å². The van der Waals surface area contributed by atoms with Gasteiger partial charge in [-0.3, -0.25) is 14.3 Å². The maximum atomic E-state index is 12.7. The fourth-order valence-corrected chi connectivity index (χ4v) is 3.41. The average molecular weight is 364 g/mol. The monoisotopic (exact) mass is 364 g/mol. The summed E-state index contributed by atoms with van der Waals surface area (Å²) in [6.45, 7) is 0.448. The standard InChI is InChI=1S/C23H16N4O/c28-23-22-21(5-2-9-25-22)26-15-27(23)14-16-3-1-4-17(11-16)18-6-7-20-13-24-10-8-19(20)12-18/h1-13,15H,14H2. The first-order chi connectivity index (χ1) is 13.8. The zero-order chi connectivity index (χ0) is 18.9. The van der Waals surface area contributed by atoms with E-state index in [4.69, 9.17) is 0 Å². The molecule has 2 aromatic carbocycles. The molecule has 3 heterocycles. The molecule has 0 N–H and O–H groups in total. The lowest BCUT2D eigenvalue weighted by Crippen LogP contribution is -2.21. The highest BCUT2D eigenvalue weighted by atomic mass is 16.1. The van der Waals surface area contributed by atoms with Gasteiger partial charge >= 0.3 is 0 Å². The number of pyridine rings is 2. The molecule has 0 radical (unpaired) electrons. The maximum absolute atomic E-state index is 12.7. The first-order valence-electron chi connectivity index (χ1n) is 9.01. The number of hydrogen-bond donors (Lipinski definition) is 0. The Balaban J connectivity index is 1.52. The van der Waals surface area contributed by atoms with Gasteiger partial charge in [-0.05, 0) is 52.4 Å². The van der Waals surface area contributed by atoms with E-state index in [-0.39, 0.29) is 5.56 Å². The molecule has 0 amide bonds. The summed E-state index contributed by atoms with van der Waals surface area (Å²) in [5.74, 6) is 0. The molecule has 0 spiro atoms. The van der Waals surface area contributed by atoms with E-state index in [2.05, 4.69) is 45.3 Å². The molecule has 0 aliphatic rings. The number of benzene rings is 2. The van der Waals surface area contributed by atoms with Crippen molar-refractivity contribution in [1.29, 1.82) is 0 Å². The van der Waals surface area contributed by atoms with Crippen molar-refractivity contribution < 1.29 is 0 Å². The molecule has 134 valence electrons. The summed E-state index contributed by atoms with van der Waals surface area (Å²) in [5.41, 5.74) is 4.15. The van der Waals surface area contributed by atoms with E-state index < -0.39 is 0 Å². The molecule has 0 saturated carbocycles. The fraction of sp³-hybridized carbons (Fsp3) is 0.0435. The summed E-state index contributed by atoms with van der Waals surface area (Å²) in [6.07, 6.45) is 6.87. The number of fused-ring (bicyclic) bond motifs is 2. The van der Waals surface area contributed by atoms with Crippen LogP contribution in [0, 0.1) is 0 Å². The zero-order valence-electron chi connectivity index (χ0n) is 15.0. The lowest BCUT2D eigenvalue weighted by Gasteiger charge is -2.09. The number of hydrogen-bond acceptors (Lipinski definition) is 4. The van der Waals surface area contributed by atoms with Gasteiger partial charge in [0.25, 0.3) is 5.56 Å². The molecule has 0 saturated heterocycles. The van der Waals surface area contributed by atoms with Crippen LogP contribution < -0.4 is 5.56 Å². The molecular formula is C23H16N4O. The highest BCUT2D eigenvalue weighted by Gasteiger charge is 2.07. The highest BCUT2D eigenvalue weighted by Crippen LogP contribution is 2.25. The Morgan fingerprint density at radius 3 is 2.71 bits per heavy atom. The fourth-order valence-electron chi connectivity index (χ4n) is 3.41. The summed E-state index contributed by atoms with van der Waals surface area (Å²) in [5, 5.41) is 2.27. The van der Waals surface area contributed by atoms with Crippen LogP contribution in [0.25, 0.3) is 32.9 Å². The van der Waals surface area contributed by atoms with Crippen LogP contribution in [0.4, 0.5) is 0 Å².